The van der Waals surface area contributed by atoms with E-state index in [-0.39, 0.29) is 0 Å². The minimum Gasteiger partial charge on any atom is -0.490 e. The second-order valence-electron chi connectivity index (χ2n) is 4.78. The lowest BCUT2D eigenvalue weighted by molar-refractivity contribution is 0.288. The van der Waals surface area contributed by atoms with E-state index in [1.54, 1.807) is 0 Å². The molecule has 0 aliphatic rings. The average Bonchev–Trinajstić information content (AvgIpc) is 2.41. The standard InChI is InChI=1S/C17H22N2O2/c1-4-20-16-7-6-14(11-17(16)21-5-2)19-15-9-12(3)8-13(18)10-15/h6-11,19H,4-5,18H2,1-3H3. The lowest BCUT2D eigenvalue weighted by atomic mass is 10.2. The van der Waals surface area contributed by atoms with Gasteiger partial charge >= 0.3 is 0 Å². The van der Waals surface area contributed by atoms with Crippen molar-refractivity contribution in [3.8, 4) is 11.5 Å². The molecule has 0 bridgehead atoms. The molecule has 112 valence electrons. The molecule has 0 heterocycles. The molecular formula is C17H22N2O2. The minimum atomic E-state index is 0.598. The molecule has 3 N–H and O–H groups in total. The summed E-state index contributed by atoms with van der Waals surface area (Å²) in [6.07, 6.45) is 0. The van der Waals surface area contributed by atoms with Gasteiger partial charge in [0.25, 0.3) is 0 Å². The SMILES string of the molecule is CCOc1ccc(Nc2cc(C)cc(N)c2)cc1OCC. The fourth-order valence-electron chi connectivity index (χ4n) is 2.18. The number of hydrogen-bond acceptors (Lipinski definition) is 4. The van der Waals surface area contributed by atoms with Crippen molar-refractivity contribution >= 4 is 17.1 Å². The number of benzene rings is 2. The Hall–Kier alpha value is -2.36. The third-order valence-corrected chi connectivity index (χ3v) is 2.93. The van der Waals surface area contributed by atoms with Crippen LogP contribution in [0.1, 0.15) is 19.4 Å². The quantitative estimate of drug-likeness (QED) is 0.784. The van der Waals surface area contributed by atoms with Crippen LogP contribution in [-0.2, 0) is 0 Å². The maximum Gasteiger partial charge on any atom is 0.163 e. The Morgan fingerprint density at radius 1 is 0.905 bits per heavy atom. The fourth-order valence-corrected chi connectivity index (χ4v) is 2.18. The van der Waals surface area contributed by atoms with Crippen molar-refractivity contribution in [3.63, 3.8) is 0 Å². The second kappa shape index (κ2) is 6.88. The number of ether oxygens (including phenoxy) is 2. The summed E-state index contributed by atoms with van der Waals surface area (Å²) in [5, 5.41) is 3.34. The van der Waals surface area contributed by atoms with Gasteiger partial charge in [-0.15, -0.1) is 0 Å². The number of aryl methyl sites for hydroxylation is 1. The first kappa shape index (κ1) is 15.0. The molecule has 2 aromatic rings. The van der Waals surface area contributed by atoms with Gasteiger partial charge in [0, 0.05) is 23.1 Å². The Morgan fingerprint density at radius 3 is 2.29 bits per heavy atom. The van der Waals surface area contributed by atoms with Crippen LogP contribution in [-0.4, -0.2) is 13.2 Å². The summed E-state index contributed by atoms with van der Waals surface area (Å²) in [6.45, 7) is 7.14. The monoisotopic (exact) mass is 286 g/mol. The highest BCUT2D eigenvalue weighted by Gasteiger charge is 2.06. The average molecular weight is 286 g/mol. The largest absolute Gasteiger partial charge is 0.490 e. The third-order valence-electron chi connectivity index (χ3n) is 2.93. The zero-order valence-electron chi connectivity index (χ0n) is 12.8. The molecule has 0 fully saturated rings. The Morgan fingerprint density at radius 2 is 1.62 bits per heavy atom. The molecule has 0 aliphatic carbocycles. The Bertz CT molecular complexity index is 591. The summed E-state index contributed by atoms with van der Waals surface area (Å²) in [5.41, 5.74) is 9.63. The molecule has 0 saturated carbocycles. The van der Waals surface area contributed by atoms with Crippen molar-refractivity contribution in [3.05, 3.63) is 42.0 Å². The Balaban J connectivity index is 2.25. The molecule has 0 unspecified atom stereocenters. The summed E-state index contributed by atoms with van der Waals surface area (Å²) >= 11 is 0. The van der Waals surface area contributed by atoms with Crippen LogP contribution in [0.5, 0.6) is 11.5 Å². The van der Waals surface area contributed by atoms with Crippen LogP contribution in [0, 0.1) is 6.92 Å². The molecule has 4 heteroatoms. The minimum absolute atomic E-state index is 0.598. The lowest BCUT2D eigenvalue weighted by Crippen LogP contribution is -2.00. The Labute approximate surface area is 125 Å². The maximum absolute atomic E-state index is 5.87. The normalized spacial score (nSPS) is 10.2. The number of hydrogen-bond donors (Lipinski definition) is 2. The van der Waals surface area contributed by atoms with Gasteiger partial charge in [-0.3, -0.25) is 0 Å². The number of rotatable bonds is 6. The number of nitrogens with two attached hydrogens (primary N) is 1. The van der Waals surface area contributed by atoms with Gasteiger partial charge in [-0.05, 0) is 56.7 Å². The molecule has 0 radical (unpaired) electrons. The number of nitrogens with one attached hydrogen (secondary N) is 1. The first-order valence-corrected chi connectivity index (χ1v) is 7.16. The van der Waals surface area contributed by atoms with Crippen LogP contribution in [0.15, 0.2) is 36.4 Å². The highest BCUT2D eigenvalue weighted by Crippen LogP contribution is 2.32. The molecule has 0 aliphatic heterocycles. The first-order chi connectivity index (χ1) is 10.1. The molecule has 2 aromatic carbocycles. The maximum atomic E-state index is 5.87. The predicted octanol–water partition coefficient (Wildman–Crippen LogP) is 4.12. The molecule has 0 atom stereocenters. The van der Waals surface area contributed by atoms with Gasteiger partial charge in [0.05, 0.1) is 13.2 Å². The van der Waals surface area contributed by atoms with Crippen LogP contribution in [0.3, 0.4) is 0 Å². The van der Waals surface area contributed by atoms with Crippen LogP contribution in [0.4, 0.5) is 17.1 Å². The van der Waals surface area contributed by atoms with E-state index in [0.717, 1.165) is 34.1 Å². The number of anilines is 3. The topological polar surface area (TPSA) is 56.5 Å². The fraction of sp³-hybridized carbons (Fsp3) is 0.294. The molecule has 0 saturated heterocycles. The van der Waals surface area contributed by atoms with Gasteiger partial charge in [-0.1, -0.05) is 0 Å². The second-order valence-corrected chi connectivity index (χ2v) is 4.78. The van der Waals surface area contributed by atoms with Gasteiger partial charge in [-0.2, -0.15) is 0 Å². The first-order valence-electron chi connectivity index (χ1n) is 7.16. The lowest BCUT2D eigenvalue weighted by Gasteiger charge is -2.14. The number of nitrogen functional groups attached to an aromatic ring is 1. The van der Waals surface area contributed by atoms with E-state index in [4.69, 9.17) is 15.2 Å². The Kier molecular flexibility index (Phi) is 4.93. The van der Waals surface area contributed by atoms with Gasteiger partial charge in [-0.25, -0.2) is 0 Å². The zero-order chi connectivity index (χ0) is 15.2. The summed E-state index contributed by atoms with van der Waals surface area (Å²) in [7, 11) is 0. The smallest absolute Gasteiger partial charge is 0.163 e. The zero-order valence-corrected chi connectivity index (χ0v) is 12.8. The van der Waals surface area contributed by atoms with E-state index < -0.39 is 0 Å². The van der Waals surface area contributed by atoms with E-state index in [1.165, 1.54) is 0 Å². The molecule has 0 aromatic heterocycles. The van der Waals surface area contributed by atoms with Crippen molar-refractivity contribution in [2.75, 3.05) is 24.3 Å². The third kappa shape index (κ3) is 4.05. The highest BCUT2D eigenvalue weighted by molar-refractivity contribution is 5.67. The van der Waals surface area contributed by atoms with Crippen LogP contribution in [0.25, 0.3) is 0 Å². The molecule has 21 heavy (non-hydrogen) atoms. The molecule has 0 amide bonds. The van der Waals surface area contributed by atoms with E-state index in [0.29, 0.717) is 13.2 Å². The van der Waals surface area contributed by atoms with Gasteiger partial charge in [0.1, 0.15) is 0 Å². The summed E-state index contributed by atoms with van der Waals surface area (Å²) in [6, 6.07) is 11.7. The summed E-state index contributed by atoms with van der Waals surface area (Å²) in [4.78, 5) is 0. The van der Waals surface area contributed by atoms with Crippen molar-refractivity contribution in [1.29, 1.82) is 0 Å². The molecular weight excluding hydrogens is 264 g/mol. The van der Waals surface area contributed by atoms with Crippen molar-refractivity contribution < 1.29 is 9.47 Å². The molecule has 0 spiro atoms. The van der Waals surface area contributed by atoms with Gasteiger partial charge in [0.2, 0.25) is 0 Å². The van der Waals surface area contributed by atoms with E-state index in [2.05, 4.69) is 5.32 Å². The van der Waals surface area contributed by atoms with Gasteiger partial charge < -0.3 is 20.5 Å². The van der Waals surface area contributed by atoms with Crippen molar-refractivity contribution in [2.24, 2.45) is 0 Å². The van der Waals surface area contributed by atoms with Crippen LogP contribution < -0.4 is 20.5 Å². The van der Waals surface area contributed by atoms with E-state index in [9.17, 15) is 0 Å². The summed E-state index contributed by atoms with van der Waals surface area (Å²) in [5.74, 6) is 1.50. The molecule has 2 rings (SSSR count). The van der Waals surface area contributed by atoms with Crippen LogP contribution >= 0.6 is 0 Å². The van der Waals surface area contributed by atoms with E-state index in [1.807, 2.05) is 57.2 Å². The summed E-state index contributed by atoms with van der Waals surface area (Å²) < 4.78 is 11.2. The highest BCUT2D eigenvalue weighted by atomic mass is 16.5. The van der Waals surface area contributed by atoms with Gasteiger partial charge in [0.15, 0.2) is 11.5 Å². The predicted molar refractivity (Wildman–Crippen MR) is 87.7 cm³/mol. The van der Waals surface area contributed by atoms with Crippen molar-refractivity contribution in [1.82, 2.24) is 0 Å². The molecule has 4 nitrogen and oxygen atoms in total. The van der Waals surface area contributed by atoms with Crippen molar-refractivity contribution in [2.45, 2.75) is 20.8 Å². The van der Waals surface area contributed by atoms with Crippen LogP contribution in [0.2, 0.25) is 0 Å². The van der Waals surface area contributed by atoms with E-state index >= 15 is 0 Å².